The van der Waals surface area contributed by atoms with Crippen LogP contribution in [0, 0.1) is 5.92 Å². The summed E-state index contributed by atoms with van der Waals surface area (Å²) in [5.41, 5.74) is 2.41. The van der Waals surface area contributed by atoms with Gasteiger partial charge in [0, 0.05) is 12.5 Å². The molecule has 0 saturated heterocycles. The van der Waals surface area contributed by atoms with Crippen molar-refractivity contribution in [1.29, 1.82) is 0 Å². The van der Waals surface area contributed by atoms with Gasteiger partial charge in [0.15, 0.2) is 0 Å². The van der Waals surface area contributed by atoms with Crippen LogP contribution in [0.3, 0.4) is 0 Å². The van der Waals surface area contributed by atoms with E-state index in [2.05, 4.69) is 12.1 Å². The van der Waals surface area contributed by atoms with Crippen molar-refractivity contribution >= 4 is 0 Å². The first-order valence-electron chi connectivity index (χ1n) is 6.65. The van der Waals surface area contributed by atoms with Crippen LogP contribution < -0.4 is 0 Å². The first kappa shape index (κ1) is 13.8. The summed E-state index contributed by atoms with van der Waals surface area (Å²) in [4.78, 5) is 0. The fourth-order valence-electron chi connectivity index (χ4n) is 2.04. The molecular weight excluding hydrogens is 236 g/mol. The monoisotopic (exact) mass is 256 g/mol. The molecule has 0 spiro atoms. The average molecular weight is 256 g/mol. The van der Waals surface area contributed by atoms with Gasteiger partial charge in [-0.25, -0.2) is 0 Å². The van der Waals surface area contributed by atoms with Crippen LogP contribution in [-0.4, -0.2) is 18.3 Å². The van der Waals surface area contributed by atoms with E-state index < -0.39 is 0 Å². The summed E-state index contributed by atoms with van der Waals surface area (Å²) in [6.45, 7) is 1.34. The summed E-state index contributed by atoms with van der Waals surface area (Å²) in [5, 5.41) is 9.40. The van der Waals surface area contributed by atoms with Crippen LogP contribution in [0.25, 0.3) is 0 Å². The molecule has 0 saturated carbocycles. The molecule has 0 aliphatic rings. The van der Waals surface area contributed by atoms with Gasteiger partial charge in [-0.05, 0) is 17.5 Å². The van der Waals surface area contributed by atoms with Crippen molar-refractivity contribution in [2.24, 2.45) is 5.92 Å². The lowest BCUT2D eigenvalue weighted by atomic mass is 10.0. The average Bonchev–Trinajstić information content (AvgIpc) is 2.48. The maximum atomic E-state index is 9.40. The zero-order chi connectivity index (χ0) is 13.3. The molecule has 19 heavy (non-hydrogen) atoms. The van der Waals surface area contributed by atoms with Crippen molar-refractivity contribution in [1.82, 2.24) is 0 Å². The molecule has 1 N–H and O–H groups in total. The number of hydrogen-bond donors (Lipinski definition) is 1. The van der Waals surface area contributed by atoms with Gasteiger partial charge in [0.1, 0.15) is 0 Å². The molecule has 2 heteroatoms. The van der Waals surface area contributed by atoms with Crippen molar-refractivity contribution in [3.63, 3.8) is 0 Å². The van der Waals surface area contributed by atoms with Gasteiger partial charge < -0.3 is 9.84 Å². The quantitative estimate of drug-likeness (QED) is 0.825. The van der Waals surface area contributed by atoms with Crippen LogP contribution in [0.2, 0.25) is 0 Å². The number of hydrogen-bond acceptors (Lipinski definition) is 2. The summed E-state index contributed by atoms with van der Waals surface area (Å²) >= 11 is 0. The summed E-state index contributed by atoms with van der Waals surface area (Å²) in [6, 6.07) is 20.3. The Hall–Kier alpha value is -1.64. The van der Waals surface area contributed by atoms with Crippen LogP contribution in [-0.2, 0) is 17.8 Å². The second kappa shape index (κ2) is 7.72. The summed E-state index contributed by atoms with van der Waals surface area (Å²) < 4.78 is 5.68. The highest BCUT2D eigenvalue weighted by molar-refractivity contribution is 5.15. The first-order chi connectivity index (χ1) is 9.38. The third-order valence-electron chi connectivity index (χ3n) is 3.09. The van der Waals surface area contributed by atoms with Crippen LogP contribution in [0.4, 0.5) is 0 Å². The largest absolute Gasteiger partial charge is 0.396 e. The molecule has 0 radical (unpaired) electrons. The molecule has 2 rings (SSSR count). The Labute approximate surface area is 114 Å². The van der Waals surface area contributed by atoms with Gasteiger partial charge in [-0.1, -0.05) is 60.7 Å². The van der Waals surface area contributed by atoms with Gasteiger partial charge in [-0.2, -0.15) is 0 Å². The standard InChI is InChI=1S/C17H20O2/c18-12-17(11-15-7-3-1-4-8-15)14-19-13-16-9-5-2-6-10-16/h1-10,17-18H,11-14H2. The van der Waals surface area contributed by atoms with E-state index >= 15 is 0 Å². The number of rotatable bonds is 7. The van der Waals surface area contributed by atoms with Crippen molar-refractivity contribution in [3.8, 4) is 0 Å². The van der Waals surface area contributed by atoms with E-state index in [1.54, 1.807) is 0 Å². The van der Waals surface area contributed by atoms with Crippen LogP contribution in [0.5, 0.6) is 0 Å². The minimum Gasteiger partial charge on any atom is -0.396 e. The molecule has 0 aliphatic carbocycles. The van der Waals surface area contributed by atoms with Gasteiger partial charge in [-0.3, -0.25) is 0 Å². The molecule has 0 bridgehead atoms. The topological polar surface area (TPSA) is 29.5 Å². The summed E-state index contributed by atoms with van der Waals surface area (Å²) in [6.07, 6.45) is 0.853. The fourth-order valence-corrected chi connectivity index (χ4v) is 2.04. The Morgan fingerprint density at radius 1 is 0.842 bits per heavy atom. The highest BCUT2D eigenvalue weighted by Gasteiger charge is 2.08. The molecule has 0 aromatic heterocycles. The smallest absolute Gasteiger partial charge is 0.0717 e. The van der Waals surface area contributed by atoms with Crippen molar-refractivity contribution < 1.29 is 9.84 Å². The predicted octanol–water partition coefficient (Wildman–Crippen LogP) is 3.05. The molecular formula is C17H20O2. The predicted molar refractivity (Wildman–Crippen MR) is 76.8 cm³/mol. The van der Waals surface area contributed by atoms with Crippen LogP contribution in [0.15, 0.2) is 60.7 Å². The lowest BCUT2D eigenvalue weighted by Gasteiger charge is -2.14. The van der Waals surface area contributed by atoms with Crippen molar-refractivity contribution in [2.45, 2.75) is 13.0 Å². The minimum absolute atomic E-state index is 0.156. The normalized spacial score (nSPS) is 12.3. The minimum atomic E-state index is 0.156. The maximum Gasteiger partial charge on any atom is 0.0717 e. The van der Waals surface area contributed by atoms with Gasteiger partial charge in [-0.15, -0.1) is 0 Å². The first-order valence-corrected chi connectivity index (χ1v) is 6.65. The molecule has 0 aliphatic heterocycles. The summed E-state index contributed by atoms with van der Waals surface area (Å²) in [5.74, 6) is 0.158. The Morgan fingerprint density at radius 3 is 2.00 bits per heavy atom. The lowest BCUT2D eigenvalue weighted by molar-refractivity contribution is 0.0630. The number of benzene rings is 2. The molecule has 2 aromatic carbocycles. The molecule has 0 heterocycles. The second-order valence-electron chi connectivity index (χ2n) is 4.74. The molecule has 1 unspecified atom stereocenters. The van der Waals surface area contributed by atoms with Crippen molar-refractivity contribution in [2.75, 3.05) is 13.2 Å². The Morgan fingerprint density at radius 2 is 1.42 bits per heavy atom. The zero-order valence-corrected chi connectivity index (χ0v) is 11.0. The molecule has 0 fully saturated rings. The zero-order valence-electron chi connectivity index (χ0n) is 11.0. The van der Waals surface area contributed by atoms with Gasteiger partial charge in [0.05, 0.1) is 13.2 Å². The lowest BCUT2D eigenvalue weighted by Crippen LogP contribution is -2.16. The number of aliphatic hydroxyl groups is 1. The Bertz CT molecular complexity index is 453. The molecule has 100 valence electrons. The molecule has 2 nitrogen and oxygen atoms in total. The van der Waals surface area contributed by atoms with Gasteiger partial charge >= 0.3 is 0 Å². The third kappa shape index (κ3) is 4.86. The maximum absolute atomic E-state index is 9.40. The summed E-state index contributed by atoms with van der Waals surface area (Å²) in [7, 11) is 0. The highest BCUT2D eigenvalue weighted by Crippen LogP contribution is 2.10. The highest BCUT2D eigenvalue weighted by atomic mass is 16.5. The third-order valence-corrected chi connectivity index (χ3v) is 3.09. The second-order valence-corrected chi connectivity index (χ2v) is 4.74. The Kier molecular flexibility index (Phi) is 5.60. The van der Waals surface area contributed by atoms with Crippen molar-refractivity contribution in [3.05, 3.63) is 71.8 Å². The van der Waals surface area contributed by atoms with E-state index in [4.69, 9.17) is 4.74 Å². The van der Waals surface area contributed by atoms with Gasteiger partial charge in [0.2, 0.25) is 0 Å². The van der Waals surface area contributed by atoms with E-state index in [9.17, 15) is 5.11 Å². The molecule has 0 amide bonds. The SMILES string of the molecule is OCC(COCc1ccccc1)Cc1ccccc1. The number of aliphatic hydroxyl groups excluding tert-OH is 1. The van der Waals surface area contributed by atoms with E-state index in [0.29, 0.717) is 13.2 Å². The van der Waals surface area contributed by atoms with Crippen LogP contribution >= 0.6 is 0 Å². The van der Waals surface area contributed by atoms with E-state index in [0.717, 1.165) is 6.42 Å². The van der Waals surface area contributed by atoms with E-state index in [-0.39, 0.29) is 12.5 Å². The number of ether oxygens (including phenoxy) is 1. The van der Waals surface area contributed by atoms with Gasteiger partial charge in [0.25, 0.3) is 0 Å². The Balaban J connectivity index is 1.77. The molecule has 2 aromatic rings. The van der Waals surface area contributed by atoms with E-state index in [1.807, 2.05) is 48.5 Å². The van der Waals surface area contributed by atoms with Crippen LogP contribution in [0.1, 0.15) is 11.1 Å². The molecule has 1 atom stereocenters. The van der Waals surface area contributed by atoms with E-state index in [1.165, 1.54) is 11.1 Å². The fraction of sp³-hybridized carbons (Fsp3) is 0.294.